The summed E-state index contributed by atoms with van der Waals surface area (Å²) in [5.41, 5.74) is 0.0798. The number of hydrogen-bond acceptors (Lipinski definition) is 5. The Hall–Kier alpha value is -2.79. The van der Waals surface area contributed by atoms with Crippen molar-refractivity contribution in [2.24, 2.45) is 0 Å². The van der Waals surface area contributed by atoms with E-state index in [-0.39, 0.29) is 29.5 Å². The Balaban J connectivity index is 2.03. The van der Waals surface area contributed by atoms with Gasteiger partial charge in [-0.05, 0) is 55.8 Å². The number of nitrogens with one attached hydrogen (secondary N) is 2. The molecule has 0 fully saturated rings. The number of aliphatic hydroxyl groups excluding tert-OH is 1. The van der Waals surface area contributed by atoms with E-state index in [1.807, 2.05) is 0 Å². The monoisotopic (exact) mass is 446 g/mol. The van der Waals surface area contributed by atoms with Gasteiger partial charge in [0.05, 0.1) is 23.5 Å². The largest absolute Gasteiger partial charge is 0.573 e. The number of aliphatic hydroxyl groups is 1. The SMILES string of the molecule is CC(C)(CO)NC(=O)Cc1ccc(NS(=O)(=O)c2ccc(OC(F)(F)F)cc2)cc1. The number of sulfonamides is 1. The second kappa shape index (κ2) is 8.92. The quantitative estimate of drug-likeness (QED) is 0.579. The first-order valence-electron chi connectivity index (χ1n) is 8.69. The maximum atomic E-state index is 12.4. The molecule has 2 rings (SSSR count). The van der Waals surface area contributed by atoms with Crippen LogP contribution < -0.4 is 14.8 Å². The van der Waals surface area contributed by atoms with E-state index in [0.29, 0.717) is 5.56 Å². The van der Waals surface area contributed by atoms with Crippen molar-refractivity contribution in [3.63, 3.8) is 0 Å². The summed E-state index contributed by atoms with van der Waals surface area (Å²) in [6.45, 7) is 3.12. The molecule has 0 bridgehead atoms. The highest BCUT2D eigenvalue weighted by molar-refractivity contribution is 7.92. The van der Waals surface area contributed by atoms with Crippen LogP contribution in [0.2, 0.25) is 0 Å². The van der Waals surface area contributed by atoms with Crippen molar-refractivity contribution in [3.05, 3.63) is 54.1 Å². The molecule has 11 heteroatoms. The molecule has 3 N–H and O–H groups in total. The molecular weight excluding hydrogens is 425 g/mol. The van der Waals surface area contributed by atoms with Crippen molar-refractivity contribution in [2.45, 2.75) is 37.1 Å². The van der Waals surface area contributed by atoms with Crippen LogP contribution in [0, 0.1) is 0 Å². The minimum absolute atomic E-state index is 0.0388. The van der Waals surface area contributed by atoms with Gasteiger partial charge in [0, 0.05) is 5.69 Å². The molecule has 2 aromatic rings. The van der Waals surface area contributed by atoms with Crippen LogP contribution in [0.15, 0.2) is 53.4 Å². The van der Waals surface area contributed by atoms with Gasteiger partial charge in [-0.3, -0.25) is 9.52 Å². The van der Waals surface area contributed by atoms with Crippen molar-refractivity contribution in [1.82, 2.24) is 5.32 Å². The summed E-state index contributed by atoms with van der Waals surface area (Å²) in [7, 11) is -4.03. The molecule has 0 atom stereocenters. The Morgan fingerprint density at radius 1 is 1.03 bits per heavy atom. The molecule has 1 amide bonds. The summed E-state index contributed by atoms with van der Waals surface area (Å²) in [5, 5.41) is 11.8. The molecule has 0 saturated heterocycles. The minimum Gasteiger partial charge on any atom is -0.406 e. The van der Waals surface area contributed by atoms with Gasteiger partial charge in [0.15, 0.2) is 0 Å². The van der Waals surface area contributed by atoms with E-state index < -0.39 is 27.7 Å². The first kappa shape index (κ1) is 23.5. The third kappa shape index (κ3) is 7.23. The number of anilines is 1. The number of amides is 1. The van der Waals surface area contributed by atoms with Gasteiger partial charge < -0.3 is 15.2 Å². The van der Waals surface area contributed by atoms with Crippen LogP contribution in [0.4, 0.5) is 18.9 Å². The van der Waals surface area contributed by atoms with E-state index in [9.17, 15) is 31.5 Å². The molecule has 0 aromatic heterocycles. The van der Waals surface area contributed by atoms with Crippen molar-refractivity contribution < 1.29 is 36.2 Å². The lowest BCUT2D eigenvalue weighted by Gasteiger charge is -2.23. The lowest BCUT2D eigenvalue weighted by atomic mass is 10.1. The summed E-state index contributed by atoms with van der Waals surface area (Å²) in [6.07, 6.45) is -4.83. The van der Waals surface area contributed by atoms with E-state index in [1.165, 1.54) is 12.1 Å². The normalized spacial score (nSPS) is 12.3. The van der Waals surface area contributed by atoms with Crippen molar-refractivity contribution in [2.75, 3.05) is 11.3 Å². The first-order chi connectivity index (χ1) is 13.8. The van der Waals surface area contributed by atoms with Crippen LogP contribution in [0.1, 0.15) is 19.4 Å². The van der Waals surface area contributed by atoms with Crippen molar-refractivity contribution >= 4 is 21.6 Å². The zero-order valence-electron chi connectivity index (χ0n) is 16.2. The van der Waals surface area contributed by atoms with Gasteiger partial charge in [0.25, 0.3) is 10.0 Å². The molecule has 0 spiro atoms. The number of hydrogen-bond donors (Lipinski definition) is 3. The summed E-state index contributed by atoms with van der Waals surface area (Å²) < 4.78 is 67.3. The molecule has 0 unspecified atom stereocenters. The molecule has 164 valence electrons. The predicted molar refractivity (Wildman–Crippen MR) is 103 cm³/mol. The molecule has 0 aliphatic carbocycles. The van der Waals surface area contributed by atoms with Gasteiger partial charge >= 0.3 is 6.36 Å². The number of rotatable bonds is 8. The Morgan fingerprint density at radius 3 is 2.10 bits per heavy atom. The van der Waals surface area contributed by atoms with Crippen molar-refractivity contribution in [1.29, 1.82) is 0 Å². The molecule has 30 heavy (non-hydrogen) atoms. The number of halogens is 3. The number of carbonyl (C=O) groups is 1. The standard InChI is InChI=1S/C19H21F3N2O5S/c1-18(2,12-25)23-17(26)11-13-3-5-14(6-4-13)24-30(27,28)16-9-7-15(8-10-16)29-19(20,21)22/h3-10,24-25H,11-12H2,1-2H3,(H,23,26). The number of ether oxygens (including phenoxy) is 1. The van der Waals surface area contributed by atoms with Crippen molar-refractivity contribution in [3.8, 4) is 5.75 Å². The van der Waals surface area contributed by atoms with Crippen LogP contribution in [0.3, 0.4) is 0 Å². The maximum Gasteiger partial charge on any atom is 0.573 e. The molecule has 0 saturated carbocycles. The van der Waals surface area contributed by atoms with Gasteiger partial charge in [0.2, 0.25) is 5.91 Å². The average Bonchev–Trinajstić information content (AvgIpc) is 2.62. The van der Waals surface area contributed by atoms with Gasteiger partial charge in [0.1, 0.15) is 5.75 Å². The zero-order valence-corrected chi connectivity index (χ0v) is 17.0. The number of benzene rings is 2. The highest BCUT2D eigenvalue weighted by Gasteiger charge is 2.31. The Morgan fingerprint density at radius 2 is 1.60 bits per heavy atom. The van der Waals surface area contributed by atoms with Gasteiger partial charge in [-0.1, -0.05) is 12.1 Å². The van der Waals surface area contributed by atoms with Crippen LogP contribution in [0.5, 0.6) is 5.75 Å². The molecule has 0 radical (unpaired) electrons. The second-order valence-electron chi connectivity index (χ2n) is 7.09. The van der Waals surface area contributed by atoms with Crippen LogP contribution >= 0.6 is 0 Å². The summed E-state index contributed by atoms with van der Waals surface area (Å²) in [4.78, 5) is 11.7. The van der Waals surface area contributed by atoms with E-state index in [2.05, 4.69) is 14.8 Å². The van der Waals surface area contributed by atoms with Crippen LogP contribution in [-0.4, -0.2) is 37.9 Å². The van der Waals surface area contributed by atoms with E-state index in [0.717, 1.165) is 24.3 Å². The Kier molecular flexibility index (Phi) is 6.99. The first-order valence-corrected chi connectivity index (χ1v) is 10.2. The Labute approximate surface area is 171 Å². The molecule has 0 aliphatic heterocycles. The predicted octanol–water partition coefficient (Wildman–Crippen LogP) is 2.82. The molecule has 2 aromatic carbocycles. The van der Waals surface area contributed by atoms with Gasteiger partial charge in [-0.25, -0.2) is 8.42 Å². The third-order valence-corrected chi connectivity index (χ3v) is 5.21. The fourth-order valence-electron chi connectivity index (χ4n) is 2.37. The lowest BCUT2D eigenvalue weighted by Crippen LogP contribution is -2.46. The second-order valence-corrected chi connectivity index (χ2v) is 8.77. The molecule has 7 nitrogen and oxygen atoms in total. The minimum atomic E-state index is -4.87. The highest BCUT2D eigenvalue weighted by atomic mass is 32.2. The van der Waals surface area contributed by atoms with Gasteiger partial charge in [-0.2, -0.15) is 0 Å². The fraction of sp³-hybridized carbons (Fsp3) is 0.316. The Bertz CT molecular complexity index is 973. The number of alkyl halides is 3. The lowest BCUT2D eigenvalue weighted by molar-refractivity contribution is -0.274. The summed E-state index contributed by atoms with van der Waals surface area (Å²) in [6, 6.07) is 9.82. The highest BCUT2D eigenvalue weighted by Crippen LogP contribution is 2.25. The van der Waals surface area contributed by atoms with Gasteiger partial charge in [-0.15, -0.1) is 13.2 Å². The van der Waals surface area contributed by atoms with E-state index >= 15 is 0 Å². The van der Waals surface area contributed by atoms with Crippen LogP contribution in [0.25, 0.3) is 0 Å². The fourth-order valence-corrected chi connectivity index (χ4v) is 3.43. The number of carbonyl (C=O) groups excluding carboxylic acids is 1. The summed E-state index contributed by atoms with van der Waals surface area (Å²) in [5.74, 6) is -0.836. The molecular formula is C19H21F3N2O5S. The van der Waals surface area contributed by atoms with E-state index in [1.54, 1.807) is 26.0 Å². The molecule has 0 heterocycles. The molecule has 0 aliphatic rings. The topological polar surface area (TPSA) is 105 Å². The van der Waals surface area contributed by atoms with Crippen LogP contribution in [-0.2, 0) is 21.2 Å². The third-order valence-electron chi connectivity index (χ3n) is 3.81. The zero-order chi connectivity index (χ0) is 22.6. The smallest absolute Gasteiger partial charge is 0.406 e. The van der Waals surface area contributed by atoms with E-state index in [4.69, 9.17) is 0 Å². The summed E-state index contributed by atoms with van der Waals surface area (Å²) >= 11 is 0. The maximum absolute atomic E-state index is 12.4. The average molecular weight is 446 g/mol.